The van der Waals surface area contributed by atoms with Crippen LogP contribution in [0, 0.1) is 12.7 Å². The molecule has 0 spiro atoms. The Kier molecular flexibility index (Phi) is 3.39. The Morgan fingerprint density at radius 1 is 1.40 bits per heavy atom. The van der Waals surface area contributed by atoms with Gasteiger partial charge in [-0.25, -0.2) is 9.38 Å². The quantitative estimate of drug-likeness (QED) is 0.808. The van der Waals surface area contributed by atoms with Gasteiger partial charge in [-0.15, -0.1) is 0 Å². The van der Waals surface area contributed by atoms with Gasteiger partial charge in [-0.1, -0.05) is 17.7 Å². The van der Waals surface area contributed by atoms with Gasteiger partial charge in [0.25, 0.3) is 6.02 Å². The predicted molar refractivity (Wildman–Crippen MR) is 65.7 cm³/mol. The van der Waals surface area contributed by atoms with E-state index in [1.54, 1.807) is 6.92 Å². The first-order valence-corrected chi connectivity index (χ1v) is 5.97. The van der Waals surface area contributed by atoms with Crippen LogP contribution in [-0.4, -0.2) is 18.3 Å². The summed E-state index contributed by atoms with van der Waals surface area (Å²) in [6.45, 7) is 3.14. The fourth-order valence-corrected chi connectivity index (χ4v) is 2.27. The van der Waals surface area contributed by atoms with Gasteiger partial charge in [0.1, 0.15) is 5.82 Å². The number of nitrogens with zero attached hydrogens (tertiary/aromatic N) is 1. The van der Waals surface area contributed by atoms with Crippen molar-refractivity contribution in [3.8, 4) is 0 Å². The highest BCUT2D eigenvalue weighted by molar-refractivity contribution is 5.73. The van der Waals surface area contributed by atoms with E-state index >= 15 is 0 Å². The molecule has 0 aromatic heterocycles. The number of hydrogen-bond acceptors (Lipinski definition) is 3. The second-order valence-corrected chi connectivity index (χ2v) is 5.06. The molecule has 2 rings (SSSR count). The van der Waals surface area contributed by atoms with E-state index in [0.717, 1.165) is 5.56 Å². The van der Waals surface area contributed by atoms with Crippen LogP contribution >= 0.6 is 0 Å². The summed E-state index contributed by atoms with van der Waals surface area (Å²) in [6.07, 6.45) is -7.19. The average molecular weight is 290 g/mol. The number of benzene rings is 1. The van der Waals surface area contributed by atoms with E-state index in [-0.39, 0.29) is 5.56 Å². The molecule has 3 nitrogen and oxygen atoms in total. The van der Waals surface area contributed by atoms with E-state index in [1.807, 2.05) is 0 Å². The zero-order chi connectivity index (χ0) is 15.1. The lowest BCUT2D eigenvalue weighted by molar-refractivity contribution is -0.208. The molecule has 1 unspecified atom stereocenters. The fourth-order valence-electron chi connectivity index (χ4n) is 2.27. The lowest BCUT2D eigenvalue weighted by Gasteiger charge is -2.36. The van der Waals surface area contributed by atoms with Gasteiger partial charge in [0.15, 0.2) is 6.10 Å². The molecule has 0 saturated carbocycles. The van der Waals surface area contributed by atoms with Gasteiger partial charge in [-0.2, -0.15) is 13.2 Å². The van der Waals surface area contributed by atoms with Gasteiger partial charge in [0.05, 0.1) is 5.54 Å². The lowest BCUT2D eigenvalue weighted by Crippen LogP contribution is -2.46. The summed E-state index contributed by atoms with van der Waals surface area (Å²) in [4.78, 5) is 3.88. The van der Waals surface area contributed by atoms with Crippen LogP contribution < -0.4 is 5.73 Å². The maximum absolute atomic E-state index is 13.9. The molecule has 1 aliphatic rings. The summed E-state index contributed by atoms with van der Waals surface area (Å²) in [7, 11) is 0. The van der Waals surface area contributed by atoms with E-state index in [2.05, 4.69) is 9.73 Å². The molecular weight excluding hydrogens is 276 g/mol. The molecule has 1 heterocycles. The zero-order valence-electron chi connectivity index (χ0n) is 11.0. The number of halogens is 4. The highest BCUT2D eigenvalue weighted by Crippen LogP contribution is 2.40. The molecular formula is C13H14F4N2O. The van der Waals surface area contributed by atoms with E-state index in [1.165, 1.54) is 25.1 Å². The Labute approximate surface area is 113 Å². The number of aliphatic imine (C=N–C) groups is 1. The molecule has 2 atom stereocenters. The molecule has 110 valence electrons. The van der Waals surface area contributed by atoms with Gasteiger partial charge < -0.3 is 10.5 Å². The molecule has 1 aromatic carbocycles. The van der Waals surface area contributed by atoms with Crippen LogP contribution in [0.15, 0.2) is 23.2 Å². The van der Waals surface area contributed by atoms with Crippen molar-refractivity contribution in [3.63, 3.8) is 0 Å². The Balaban J connectivity index is 2.48. The molecule has 1 aliphatic heterocycles. The monoisotopic (exact) mass is 290 g/mol. The van der Waals surface area contributed by atoms with Crippen molar-refractivity contribution in [3.05, 3.63) is 35.1 Å². The van der Waals surface area contributed by atoms with Crippen LogP contribution in [0.3, 0.4) is 0 Å². The van der Waals surface area contributed by atoms with Crippen molar-refractivity contribution in [2.45, 2.75) is 38.1 Å². The number of nitrogens with two attached hydrogens (primary N) is 1. The largest absolute Gasteiger partial charge is 0.452 e. The predicted octanol–water partition coefficient (Wildman–Crippen LogP) is 3.02. The van der Waals surface area contributed by atoms with Crippen LogP contribution in [-0.2, 0) is 10.3 Å². The Bertz CT molecular complexity index is 556. The van der Waals surface area contributed by atoms with Gasteiger partial charge in [0, 0.05) is 12.0 Å². The molecule has 0 saturated heterocycles. The zero-order valence-corrected chi connectivity index (χ0v) is 11.0. The number of ether oxygens (including phenoxy) is 1. The molecule has 1 aromatic rings. The van der Waals surface area contributed by atoms with Gasteiger partial charge in [0.2, 0.25) is 0 Å². The van der Waals surface area contributed by atoms with Crippen molar-refractivity contribution in [1.29, 1.82) is 0 Å². The third-order valence-corrected chi connectivity index (χ3v) is 3.27. The molecule has 0 bridgehead atoms. The molecule has 7 heteroatoms. The highest BCUT2D eigenvalue weighted by Gasteiger charge is 2.49. The standard InChI is InChI=1S/C13H14F4N2O/c1-7-3-4-9(14)8(5-7)12(2)6-10(13(15,16)17)20-11(18)19-12/h3-5,10H,6H2,1-2H3,(H2,18,19)/t10?,12-/m0/s1. The number of rotatable bonds is 1. The van der Waals surface area contributed by atoms with Crippen molar-refractivity contribution >= 4 is 6.02 Å². The topological polar surface area (TPSA) is 47.6 Å². The first kappa shape index (κ1) is 14.6. The molecule has 0 fully saturated rings. The van der Waals surface area contributed by atoms with Crippen molar-refractivity contribution in [2.75, 3.05) is 0 Å². The first-order valence-electron chi connectivity index (χ1n) is 5.97. The van der Waals surface area contributed by atoms with Crippen LogP contribution in [0.5, 0.6) is 0 Å². The minimum absolute atomic E-state index is 0.0815. The third kappa shape index (κ3) is 2.71. The highest BCUT2D eigenvalue weighted by atomic mass is 19.4. The number of alkyl halides is 3. The van der Waals surface area contributed by atoms with Crippen LogP contribution in [0.2, 0.25) is 0 Å². The second-order valence-electron chi connectivity index (χ2n) is 5.06. The SMILES string of the molecule is Cc1ccc(F)c([C@]2(C)CC(C(F)(F)F)OC(N)=N2)c1. The molecule has 0 radical (unpaired) electrons. The van der Waals surface area contributed by atoms with Crippen LogP contribution in [0.25, 0.3) is 0 Å². The minimum atomic E-state index is -4.58. The Morgan fingerprint density at radius 2 is 2.05 bits per heavy atom. The Morgan fingerprint density at radius 3 is 2.65 bits per heavy atom. The van der Waals surface area contributed by atoms with Gasteiger partial charge >= 0.3 is 6.18 Å². The van der Waals surface area contributed by atoms with E-state index in [0.29, 0.717) is 0 Å². The summed E-state index contributed by atoms with van der Waals surface area (Å²) in [5.41, 5.74) is 4.73. The molecule has 2 N–H and O–H groups in total. The minimum Gasteiger partial charge on any atom is -0.452 e. The molecule has 0 amide bonds. The summed E-state index contributed by atoms with van der Waals surface area (Å²) in [5, 5.41) is 0. The van der Waals surface area contributed by atoms with Crippen molar-refractivity contribution in [1.82, 2.24) is 0 Å². The molecule has 0 aliphatic carbocycles. The van der Waals surface area contributed by atoms with Crippen LogP contribution in [0.1, 0.15) is 24.5 Å². The van der Waals surface area contributed by atoms with Gasteiger partial charge in [-0.05, 0) is 19.9 Å². The lowest BCUT2D eigenvalue weighted by atomic mass is 9.85. The van der Waals surface area contributed by atoms with Crippen LogP contribution in [0.4, 0.5) is 17.6 Å². The molecule has 20 heavy (non-hydrogen) atoms. The maximum atomic E-state index is 13.9. The normalized spacial score (nSPS) is 26.9. The fraction of sp³-hybridized carbons (Fsp3) is 0.462. The number of aryl methyl sites for hydroxylation is 1. The smallest absolute Gasteiger partial charge is 0.425 e. The Hall–Kier alpha value is -1.79. The van der Waals surface area contributed by atoms with E-state index < -0.39 is 36.1 Å². The number of amidine groups is 1. The first-order chi connectivity index (χ1) is 9.12. The second kappa shape index (κ2) is 4.64. The third-order valence-electron chi connectivity index (χ3n) is 3.27. The average Bonchev–Trinajstić information content (AvgIpc) is 2.30. The summed E-state index contributed by atoms with van der Waals surface area (Å²) < 4.78 is 56.9. The van der Waals surface area contributed by atoms with Crippen molar-refractivity contribution < 1.29 is 22.3 Å². The summed E-state index contributed by atoms with van der Waals surface area (Å²) >= 11 is 0. The number of hydrogen-bond donors (Lipinski definition) is 1. The summed E-state index contributed by atoms with van der Waals surface area (Å²) in [5.74, 6) is -0.613. The maximum Gasteiger partial charge on any atom is 0.425 e. The van der Waals surface area contributed by atoms with Crippen molar-refractivity contribution in [2.24, 2.45) is 10.7 Å². The van der Waals surface area contributed by atoms with E-state index in [9.17, 15) is 17.6 Å². The summed E-state index contributed by atoms with van der Waals surface area (Å²) in [6, 6.07) is 3.64. The van der Waals surface area contributed by atoms with E-state index in [4.69, 9.17) is 5.73 Å². The van der Waals surface area contributed by atoms with Gasteiger partial charge in [-0.3, -0.25) is 0 Å².